The molecule has 4 nitrogen and oxygen atoms in total. The van der Waals surface area contributed by atoms with E-state index in [1.165, 1.54) is 0 Å². The van der Waals surface area contributed by atoms with E-state index in [4.69, 9.17) is 4.74 Å². The van der Waals surface area contributed by atoms with E-state index < -0.39 is 18.9 Å². The quantitative estimate of drug-likeness (QED) is 0.160. The molecule has 170 valence electrons. The molecule has 0 fully saturated rings. The van der Waals surface area contributed by atoms with Crippen molar-refractivity contribution in [1.29, 1.82) is 0 Å². The van der Waals surface area contributed by atoms with Gasteiger partial charge in [0, 0.05) is 0 Å². The minimum atomic E-state index is -2.69. The summed E-state index contributed by atoms with van der Waals surface area (Å²) in [6.45, 7) is 2.44. The number of ketones is 1. The van der Waals surface area contributed by atoms with Gasteiger partial charge in [0.05, 0.1) is 19.6 Å². The second-order valence-electron chi connectivity index (χ2n) is 6.95. The van der Waals surface area contributed by atoms with Gasteiger partial charge in [-0.05, 0) is 43.3 Å². The van der Waals surface area contributed by atoms with Crippen molar-refractivity contribution < 1.29 is 54.0 Å². The highest BCUT2D eigenvalue weighted by molar-refractivity contribution is 7.97. The zero-order valence-corrected chi connectivity index (χ0v) is 22.1. The van der Waals surface area contributed by atoms with Gasteiger partial charge in [-0.2, -0.15) is 0 Å². The summed E-state index contributed by atoms with van der Waals surface area (Å²) in [5.74, 6) is -0.575. The van der Waals surface area contributed by atoms with Crippen LogP contribution in [0.15, 0.2) is 91.0 Å². The highest BCUT2D eigenvalue weighted by atomic mass is 79.9. The third kappa shape index (κ3) is 5.74. The van der Waals surface area contributed by atoms with E-state index in [2.05, 4.69) is 5.73 Å². The summed E-state index contributed by atoms with van der Waals surface area (Å²) < 4.78 is 5.49. The van der Waals surface area contributed by atoms with Gasteiger partial charge >= 0.3 is 5.97 Å². The molecular weight excluding hydrogens is 553 g/mol. The van der Waals surface area contributed by atoms with Crippen LogP contribution in [-0.4, -0.2) is 30.6 Å². The average molecular weight is 581 g/mol. The number of benzene rings is 3. The fourth-order valence-electron chi connectivity index (χ4n) is 3.92. The Labute approximate surface area is 211 Å². The fourth-order valence-corrected chi connectivity index (χ4v) is 8.59. The normalized spacial score (nSPS) is 11.4. The maximum atomic E-state index is 13.5. The average Bonchev–Trinajstić information content (AvgIpc) is 2.79. The van der Waals surface area contributed by atoms with Crippen LogP contribution in [0.1, 0.15) is 13.3 Å². The lowest BCUT2D eigenvalue weighted by molar-refractivity contribution is -0.366. The monoisotopic (exact) mass is 579 g/mol. The van der Waals surface area contributed by atoms with Crippen LogP contribution in [0.4, 0.5) is 0 Å². The molecular formula is C25H28Br2NO3P. The molecule has 0 aliphatic carbocycles. The van der Waals surface area contributed by atoms with Crippen molar-refractivity contribution in [3.63, 3.8) is 0 Å². The predicted octanol–water partition coefficient (Wildman–Crippen LogP) is -3.88. The summed E-state index contributed by atoms with van der Waals surface area (Å²) in [6.07, 6.45) is 0.234. The molecule has 3 rings (SSSR count). The largest absolute Gasteiger partial charge is 1.00 e. The molecule has 0 saturated carbocycles. The Morgan fingerprint density at radius 2 is 1.16 bits per heavy atom. The molecule has 0 radical (unpaired) electrons. The molecule has 0 aliphatic heterocycles. The Morgan fingerprint density at radius 3 is 1.47 bits per heavy atom. The number of halogens is 2. The molecule has 1 unspecified atom stereocenters. The Kier molecular flexibility index (Phi) is 12.0. The van der Waals surface area contributed by atoms with Gasteiger partial charge in [-0.3, -0.25) is 4.79 Å². The Bertz CT molecular complexity index is 858. The molecule has 0 aliphatic rings. The van der Waals surface area contributed by atoms with Crippen molar-refractivity contribution in [1.82, 2.24) is 0 Å². The summed E-state index contributed by atoms with van der Waals surface area (Å²) in [4.78, 5) is 26.9. The summed E-state index contributed by atoms with van der Waals surface area (Å²) in [7, 11) is -2.69. The molecule has 0 bridgehead atoms. The number of hydrogen-bond donors (Lipinski definition) is 1. The van der Waals surface area contributed by atoms with Crippen molar-refractivity contribution in [2.75, 3.05) is 13.2 Å². The lowest BCUT2D eigenvalue weighted by Crippen LogP contribution is -3.00. The second kappa shape index (κ2) is 13.6. The van der Waals surface area contributed by atoms with Gasteiger partial charge in [0.1, 0.15) is 23.2 Å². The van der Waals surface area contributed by atoms with Gasteiger partial charge in [0.15, 0.2) is 5.78 Å². The summed E-state index contributed by atoms with van der Waals surface area (Å²) >= 11 is 0. The number of carbonyl (C=O) groups excluding carboxylic acids is 2. The van der Waals surface area contributed by atoms with Crippen LogP contribution in [0.25, 0.3) is 0 Å². The van der Waals surface area contributed by atoms with Crippen molar-refractivity contribution in [3.05, 3.63) is 91.0 Å². The van der Waals surface area contributed by atoms with Crippen molar-refractivity contribution in [2.45, 2.75) is 19.0 Å². The molecule has 0 spiro atoms. The van der Waals surface area contributed by atoms with Crippen LogP contribution in [0.5, 0.6) is 0 Å². The van der Waals surface area contributed by atoms with Crippen LogP contribution in [0.2, 0.25) is 0 Å². The molecule has 0 amide bonds. The predicted molar refractivity (Wildman–Crippen MR) is 123 cm³/mol. The third-order valence-corrected chi connectivity index (χ3v) is 9.73. The number of rotatable bonds is 9. The van der Waals surface area contributed by atoms with E-state index >= 15 is 0 Å². The molecule has 0 saturated heterocycles. The smallest absolute Gasteiger partial charge is 0.356 e. The third-order valence-electron chi connectivity index (χ3n) is 5.12. The minimum absolute atomic E-state index is 0. The summed E-state index contributed by atoms with van der Waals surface area (Å²) in [6, 6.07) is 29.8. The lowest BCUT2D eigenvalue weighted by atomic mass is 10.2. The first-order valence-corrected chi connectivity index (χ1v) is 12.1. The molecule has 7 heteroatoms. The first kappa shape index (κ1) is 28.2. The highest BCUT2D eigenvalue weighted by Gasteiger charge is 2.59. The zero-order valence-electron chi connectivity index (χ0n) is 18.0. The lowest BCUT2D eigenvalue weighted by Gasteiger charge is -2.32. The number of quaternary nitrogens is 1. The van der Waals surface area contributed by atoms with Gasteiger partial charge < -0.3 is 44.4 Å². The van der Waals surface area contributed by atoms with Crippen molar-refractivity contribution in [2.24, 2.45) is 0 Å². The van der Waals surface area contributed by atoms with E-state index in [0.717, 1.165) is 15.9 Å². The number of hydrogen-bond acceptors (Lipinski definition) is 3. The van der Waals surface area contributed by atoms with Gasteiger partial charge in [-0.1, -0.05) is 54.6 Å². The van der Waals surface area contributed by atoms with Crippen LogP contribution >= 0.6 is 7.26 Å². The Morgan fingerprint density at radius 1 is 0.781 bits per heavy atom. The first-order chi connectivity index (χ1) is 14.7. The van der Waals surface area contributed by atoms with Crippen LogP contribution < -0.4 is 55.6 Å². The van der Waals surface area contributed by atoms with E-state index in [9.17, 15) is 9.59 Å². The van der Waals surface area contributed by atoms with E-state index in [1.54, 1.807) is 6.92 Å². The number of ether oxygens (including phenoxy) is 1. The minimum Gasteiger partial charge on any atom is -1.00 e. The van der Waals surface area contributed by atoms with Gasteiger partial charge in [-0.15, -0.1) is 0 Å². The molecule has 1 atom stereocenters. The van der Waals surface area contributed by atoms with E-state index in [0.29, 0.717) is 6.54 Å². The molecule has 3 aromatic rings. The summed E-state index contributed by atoms with van der Waals surface area (Å²) in [5, 5.41) is 2.95. The maximum Gasteiger partial charge on any atom is 0.356 e. The molecule has 3 aromatic carbocycles. The SMILES string of the molecule is CCOC(=O)C(C(=O)CC[NH3+])[P+](c1ccccc1)(c1ccccc1)c1ccccc1.[Br-].[Br-]. The maximum absolute atomic E-state index is 13.5. The molecule has 3 N–H and O–H groups in total. The van der Waals surface area contributed by atoms with Crippen LogP contribution in [-0.2, 0) is 14.3 Å². The highest BCUT2D eigenvalue weighted by Crippen LogP contribution is 2.60. The fraction of sp³-hybridized carbons (Fsp3) is 0.200. The van der Waals surface area contributed by atoms with Crippen LogP contribution in [0.3, 0.4) is 0 Å². The van der Waals surface area contributed by atoms with Crippen LogP contribution in [0, 0.1) is 0 Å². The number of Topliss-reactive ketones (excluding diaryl/α,β-unsaturated/α-hetero) is 1. The van der Waals surface area contributed by atoms with Gasteiger partial charge in [0.25, 0.3) is 0 Å². The second-order valence-corrected chi connectivity index (χ2v) is 10.5. The molecule has 0 aromatic heterocycles. The molecule has 0 heterocycles. The topological polar surface area (TPSA) is 71.0 Å². The van der Waals surface area contributed by atoms with Crippen molar-refractivity contribution >= 4 is 34.9 Å². The molecule has 32 heavy (non-hydrogen) atoms. The van der Waals surface area contributed by atoms with E-state index in [-0.39, 0.29) is 52.8 Å². The zero-order chi connectivity index (χ0) is 21.4. The first-order valence-electron chi connectivity index (χ1n) is 10.2. The number of esters is 1. The van der Waals surface area contributed by atoms with E-state index in [1.807, 2.05) is 91.0 Å². The summed E-state index contributed by atoms with van der Waals surface area (Å²) in [5.41, 5.74) is 2.94. The van der Waals surface area contributed by atoms with Crippen molar-refractivity contribution in [3.8, 4) is 0 Å². The van der Waals surface area contributed by atoms with Gasteiger partial charge in [0.2, 0.25) is 5.66 Å². The Hall–Kier alpha value is -1.85. The standard InChI is InChI=1S/C25H27NO3P.2BrH/c1-2-29-25(28)24(23(27)18-19-26)30(20-12-6-3-7-13-20,21-14-8-4-9-15-21)22-16-10-5-11-17-22;;/h3-17,24H,2,18-19,26H2,1H3;2*1H/q+1;;/p-1. The van der Waals surface area contributed by atoms with Gasteiger partial charge in [-0.25, -0.2) is 4.79 Å². The number of carbonyl (C=O) groups is 2. The Balaban J connectivity index is 0.00000256.